The van der Waals surface area contributed by atoms with Gasteiger partial charge in [0.1, 0.15) is 0 Å². The second-order valence-electron chi connectivity index (χ2n) is 18.9. The summed E-state index contributed by atoms with van der Waals surface area (Å²) in [4.78, 5) is 0. The quantitative estimate of drug-likeness (QED) is 0.0328. The third-order valence-corrected chi connectivity index (χ3v) is 13.5. The lowest BCUT2D eigenvalue weighted by Crippen LogP contribution is -2.50. The third-order valence-electron chi connectivity index (χ3n) is 13.5. The minimum Gasteiger partial charge on any atom is -0.209 e. The van der Waals surface area contributed by atoms with E-state index in [1.54, 1.807) is 5.84 Å². The molecule has 1 heterocycles. The van der Waals surface area contributed by atoms with Gasteiger partial charge in [0.05, 0.1) is 19.5 Å². The number of nitrogens with zero attached hydrogens (tertiary/aromatic N) is 2. The Balaban J connectivity index is 2.70. The highest BCUT2D eigenvalue weighted by Gasteiger charge is 2.42. The average molecular weight is 785 g/mol. The van der Waals surface area contributed by atoms with Crippen LogP contribution in [0.3, 0.4) is 0 Å². The molecule has 332 valence electrons. The molecule has 0 radical (unpaired) electrons. The summed E-state index contributed by atoms with van der Waals surface area (Å²) in [5.41, 5.74) is 0. The molecule has 0 aliphatic carbocycles. The van der Waals surface area contributed by atoms with E-state index in [2.05, 4.69) is 44.7 Å². The molecule has 0 saturated heterocycles. The molecule has 0 fully saturated rings. The van der Waals surface area contributed by atoms with E-state index < -0.39 is 0 Å². The first-order valence-electron chi connectivity index (χ1n) is 26.9. The van der Waals surface area contributed by atoms with Gasteiger partial charge in [-0.05, 0) is 38.5 Å². The van der Waals surface area contributed by atoms with Gasteiger partial charge in [-0.15, -0.1) is 0 Å². The molecule has 1 aliphatic rings. The minimum atomic E-state index is 1.21. The molecular weight excluding hydrogens is 677 g/mol. The Morgan fingerprint density at radius 1 is 0.304 bits per heavy atom. The van der Waals surface area contributed by atoms with Gasteiger partial charge in [0, 0.05) is 6.42 Å². The molecule has 2 heteroatoms. The molecule has 0 N–H and O–H groups in total. The summed E-state index contributed by atoms with van der Waals surface area (Å²) >= 11 is 0. The Morgan fingerprint density at radius 3 is 0.857 bits per heavy atom. The second kappa shape index (κ2) is 42.5. The van der Waals surface area contributed by atoms with Crippen LogP contribution >= 0.6 is 0 Å². The van der Waals surface area contributed by atoms with Crippen LogP contribution in [0.25, 0.3) is 0 Å². The Hall–Kier alpha value is -0.630. The monoisotopic (exact) mass is 785 g/mol. The van der Waals surface area contributed by atoms with Crippen molar-refractivity contribution in [1.82, 2.24) is 0 Å². The first kappa shape index (κ1) is 53.4. The predicted octanol–water partition coefficient (Wildman–Crippen LogP) is 18.9. The van der Waals surface area contributed by atoms with Crippen LogP contribution in [0.5, 0.6) is 0 Å². The second-order valence-corrected chi connectivity index (χ2v) is 18.9. The number of hydrogen-bond donors (Lipinski definition) is 0. The first-order chi connectivity index (χ1) is 27.7. The zero-order chi connectivity index (χ0) is 40.3. The molecule has 1 unspecified atom stereocenters. The van der Waals surface area contributed by atoms with Crippen molar-refractivity contribution >= 4 is 5.84 Å². The first-order valence-corrected chi connectivity index (χ1v) is 26.9. The molecule has 1 aliphatic heterocycles. The van der Waals surface area contributed by atoms with Crippen LogP contribution < -0.4 is 0 Å². The fourth-order valence-electron chi connectivity index (χ4n) is 9.56. The van der Waals surface area contributed by atoms with Crippen LogP contribution in [0.15, 0.2) is 12.4 Å². The highest BCUT2D eigenvalue weighted by Crippen LogP contribution is 2.26. The summed E-state index contributed by atoms with van der Waals surface area (Å²) in [6.07, 6.45) is 68.6. The zero-order valence-electron chi connectivity index (χ0n) is 39.8. The number of rotatable bonds is 47. The lowest BCUT2D eigenvalue weighted by atomic mass is 10.0. The maximum atomic E-state index is 2.80. The molecule has 0 bridgehead atoms. The van der Waals surface area contributed by atoms with Crippen molar-refractivity contribution in [2.24, 2.45) is 0 Å². The number of amidine groups is 1. The summed E-state index contributed by atoms with van der Waals surface area (Å²) in [6.45, 7) is 13.3. The van der Waals surface area contributed by atoms with Gasteiger partial charge in [0.15, 0.2) is 12.7 Å². The lowest BCUT2D eigenvalue weighted by Gasteiger charge is -2.29. The van der Waals surface area contributed by atoms with Crippen molar-refractivity contribution in [2.45, 2.75) is 310 Å². The predicted molar refractivity (Wildman–Crippen MR) is 255 cm³/mol. The van der Waals surface area contributed by atoms with Gasteiger partial charge in [-0.25, -0.2) is 4.48 Å². The maximum absolute atomic E-state index is 2.80. The molecule has 0 aromatic rings. The molecule has 56 heavy (non-hydrogen) atoms. The van der Waals surface area contributed by atoms with Crippen molar-refractivity contribution in [2.75, 3.05) is 19.6 Å². The number of hydrogen-bond acceptors (Lipinski definition) is 0. The van der Waals surface area contributed by atoms with E-state index in [-0.39, 0.29) is 0 Å². The summed E-state index contributed by atoms with van der Waals surface area (Å²) in [5.74, 6) is 1.80. The van der Waals surface area contributed by atoms with Crippen LogP contribution in [0.1, 0.15) is 310 Å². The third kappa shape index (κ3) is 31.3. The van der Waals surface area contributed by atoms with Gasteiger partial charge in [0.2, 0.25) is 6.20 Å². The van der Waals surface area contributed by atoms with Gasteiger partial charge in [-0.2, -0.15) is 4.58 Å². The summed E-state index contributed by atoms with van der Waals surface area (Å²) in [7, 11) is 0. The maximum Gasteiger partial charge on any atom is 0.348 e. The van der Waals surface area contributed by atoms with Crippen molar-refractivity contribution in [1.29, 1.82) is 0 Å². The molecule has 0 amide bonds. The summed E-state index contributed by atoms with van der Waals surface area (Å²) in [6, 6.07) is 0. The van der Waals surface area contributed by atoms with E-state index in [0.717, 1.165) is 0 Å². The Labute approximate surface area is 355 Å². The van der Waals surface area contributed by atoms with Crippen molar-refractivity contribution < 1.29 is 9.06 Å². The van der Waals surface area contributed by atoms with Gasteiger partial charge in [-0.3, -0.25) is 0 Å². The SMILES string of the molecule is CCCCCCCCCCCCCCCC1=[N+](CCCCCCCCCCCCCCC)C=C[N+]1(CCCCCCCCCC)CCCCCCCCCCC. The zero-order valence-corrected chi connectivity index (χ0v) is 39.8. The van der Waals surface area contributed by atoms with E-state index in [1.165, 1.54) is 307 Å². The normalized spacial score (nSPS) is 15.6. The van der Waals surface area contributed by atoms with Crippen LogP contribution in [-0.4, -0.2) is 34.5 Å². The molecule has 1 atom stereocenters. The molecule has 0 aromatic carbocycles. The largest absolute Gasteiger partial charge is 0.348 e. The van der Waals surface area contributed by atoms with E-state index in [0.29, 0.717) is 0 Å². The Morgan fingerprint density at radius 2 is 0.554 bits per heavy atom. The summed E-state index contributed by atoms with van der Waals surface area (Å²) in [5, 5.41) is 0. The van der Waals surface area contributed by atoms with E-state index in [9.17, 15) is 0 Å². The Bertz CT molecular complexity index is 843. The highest BCUT2D eigenvalue weighted by molar-refractivity contribution is 5.72. The van der Waals surface area contributed by atoms with Crippen LogP contribution in [-0.2, 0) is 0 Å². The van der Waals surface area contributed by atoms with E-state index >= 15 is 0 Å². The van der Waals surface area contributed by atoms with Crippen LogP contribution in [0, 0.1) is 0 Å². The molecular formula is C54H108N2+2. The van der Waals surface area contributed by atoms with Gasteiger partial charge in [0.25, 0.3) is 0 Å². The molecule has 2 nitrogen and oxygen atoms in total. The molecule has 1 rings (SSSR count). The van der Waals surface area contributed by atoms with Gasteiger partial charge < -0.3 is 0 Å². The fourth-order valence-corrected chi connectivity index (χ4v) is 9.56. The summed E-state index contributed by atoms with van der Waals surface area (Å²) < 4.78 is 4.01. The standard InChI is InChI=1S/C54H108N2/c1-5-9-13-17-21-25-27-29-31-33-36-40-44-48-54-55(49-45-41-37-34-32-30-28-26-22-18-14-10-6-2)50-53-56(54,51-46-42-38-24-20-16-12-8-4)52-47-43-39-35-23-19-15-11-7-3/h50,53H,5-49,51-52H2,1-4H3/q+2. The number of quaternary nitrogens is 1. The topological polar surface area (TPSA) is 3.01 Å². The molecule has 0 aromatic heterocycles. The highest BCUT2D eigenvalue weighted by atomic mass is 15.4. The minimum absolute atomic E-state index is 1.21. The van der Waals surface area contributed by atoms with Crippen molar-refractivity contribution in [3.05, 3.63) is 12.4 Å². The molecule has 0 spiro atoms. The number of unbranched alkanes of at least 4 members (excludes halogenated alkanes) is 39. The smallest absolute Gasteiger partial charge is 0.209 e. The molecule has 0 saturated carbocycles. The van der Waals surface area contributed by atoms with Crippen LogP contribution in [0.2, 0.25) is 0 Å². The average Bonchev–Trinajstić information content (AvgIpc) is 3.54. The van der Waals surface area contributed by atoms with E-state index in [4.69, 9.17) is 0 Å². The van der Waals surface area contributed by atoms with Gasteiger partial charge >= 0.3 is 5.84 Å². The fraction of sp³-hybridized carbons (Fsp3) is 0.944. The van der Waals surface area contributed by atoms with E-state index in [1.807, 2.05) is 0 Å². The van der Waals surface area contributed by atoms with Crippen LogP contribution in [0.4, 0.5) is 0 Å². The van der Waals surface area contributed by atoms with Gasteiger partial charge in [-0.1, -0.05) is 259 Å². The van der Waals surface area contributed by atoms with Crippen molar-refractivity contribution in [3.63, 3.8) is 0 Å². The lowest BCUT2D eigenvalue weighted by molar-refractivity contribution is -0.801. The Kier molecular flexibility index (Phi) is 40.5. The van der Waals surface area contributed by atoms with Crippen molar-refractivity contribution in [3.8, 4) is 0 Å².